The van der Waals surface area contributed by atoms with Crippen molar-refractivity contribution in [3.8, 4) is 0 Å². The number of rotatable bonds is 5. The van der Waals surface area contributed by atoms with Gasteiger partial charge in [-0.3, -0.25) is 4.79 Å². The fourth-order valence-electron chi connectivity index (χ4n) is 1.78. The Kier molecular flexibility index (Phi) is 4.11. The molecule has 1 N–H and O–H groups in total. The van der Waals surface area contributed by atoms with E-state index in [9.17, 15) is 4.79 Å². The molecule has 2 aromatic heterocycles. The van der Waals surface area contributed by atoms with Crippen molar-refractivity contribution < 1.29 is 4.79 Å². The first-order valence-electron chi connectivity index (χ1n) is 6.28. The Morgan fingerprint density at radius 3 is 3.00 bits per heavy atom. The second kappa shape index (κ2) is 5.79. The lowest BCUT2D eigenvalue weighted by Gasteiger charge is -2.10. The summed E-state index contributed by atoms with van der Waals surface area (Å²) in [5.74, 6) is 0.128. The molecule has 2 heterocycles. The zero-order chi connectivity index (χ0) is 13.8. The highest BCUT2D eigenvalue weighted by Crippen LogP contribution is 2.04. The Labute approximate surface area is 112 Å². The summed E-state index contributed by atoms with van der Waals surface area (Å²) >= 11 is 0. The minimum atomic E-state index is 0.128. The minimum absolute atomic E-state index is 0.128. The van der Waals surface area contributed by atoms with Crippen LogP contribution in [0.25, 0.3) is 5.65 Å². The SMILES string of the molecule is Cc1cc2ncc(CNCCC(=O)N(C)C)cn2n1. The Bertz CT molecular complexity index is 575. The van der Waals surface area contributed by atoms with E-state index >= 15 is 0 Å². The summed E-state index contributed by atoms with van der Waals surface area (Å²) in [7, 11) is 3.53. The third-order valence-electron chi connectivity index (χ3n) is 2.83. The Morgan fingerprint density at radius 1 is 1.47 bits per heavy atom. The standard InChI is InChI=1S/C13H19N5O/c1-10-6-12-15-8-11(9-18(12)16-10)7-14-5-4-13(19)17(2)3/h6,8-9,14H,4-5,7H2,1-3H3. The first kappa shape index (κ1) is 13.5. The van der Waals surface area contributed by atoms with Gasteiger partial charge >= 0.3 is 0 Å². The molecule has 0 spiro atoms. The molecule has 1 amide bonds. The lowest BCUT2D eigenvalue weighted by molar-refractivity contribution is -0.128. The molecule has 0 bridgehead atoms. The van der Waals surface area contributed by atoms with Gasteiger partial charge in [-0.15, -0.1) is 0 Å². The van der Waals surface area contributed by atoms with E-state index in [1.165, 1.54) is 0 Å². The smallest absolute Gasteiger partial charge is 0.223 e. The van der Waals surface area contributed by atoms with Gasteiger partial charge in [-0.05, 0) is 6.92 Å². The summed E-state index contributed by atoms with van der Waals surface area (Å²) in [6.07, 6.45) is 4.29. The molecule has 0 saturated carbocycles. The second-order valence-corrected chi connectivity index (χ2v) is 4.77. The average Bonchev–Trinajstić information content (AvgIpc) is 2.73. The zero-order valence-corrected chi connectivity index (χ0v) is 11.6. The van der Waals surface area contributed by atoms with Crippen LogP contribution in [-0.4, -0.2) is 46.0 Å². The zero-order valence-electron chi connectivity index (χ0n) is 11.6. The summed E-state index contributed by atoms with van der Waals surface area (Å²) in [5.41, 5.74) is 2.85. The number of hydrogen-bond acceptors (Lipinski definition) is 4. The van der Waals surface area contributed by atoms with Crippen LogP contribution in [0.15, 0.2) is 18.5 Å². The first-order chi connectivity index (χ1) is 9.06. The molecule has 0 aliphatic carbocycles. The van der Waals surface area contributed by atoms with E-state index < -0.39 is 0 Å². The molecule has 0 saturated heterocycles. The molecule has 0 aliphatic heterocycles. The maximum Gasteiger partial charge on any atom is 0.223 e. The van der Waals surface area contributed by atoms with E-state index in [4.69, 9.17) is 0 Å². The van der Waals surface area contributed by atoms with Gasteiger partial charge in [-0.25, -0.2) is 9.50 Å². The van der Waals surface area contributed by atoms with Gasteiger partial charge in [-0.1, -0.05) is 0 Å². The van der Waals surface area contributed by atoms with Gasteiger partial charge in [0.25, 0.3) is 0 Å². The topological polar surface area (TPSA) is 62.5 Å². The van der Waals surface area contributed by atoms with Gasteiger partial charge in [0.05, 0.1) is 5.69 Å². The fraction of sp³-hybridized carbons (Fsp3) is 0.462. The number of nitrogens with one attached hydrogen (secondary N) is 1. The number of carbonyl (C=O) groups is 1. The van der Waals surface area contributed by atoms with Gasteiger partial charge in [0.2, 0.25) is 5.91 Å². The number of aromatic nitrogens is 3. The highest BCUT2D eigenvalue weighted by atomic mass is 16.2. The molecule has 0 radical (unpaired) electrons. The van der Waals surface area contributed by atoms with Crippen molar-refractivity contribution in [3.63, 3.8) is 0 Å². The number of aryl methyl sites for hydroxylation is 1. The molecule has 0 fully saturated rings. The van der Waals surface area contributed by atoms with Gasteiger partial charge < -0.3 is 10.2 Å². The van der Waals surface area contributed by atoms with Crippen LogP contribution >= 0.6 is 0 Å². The first-order valence-corrected chi connectivity index (χ1v) is 6.28. The molecular formula is C13H19N5O. The van der Waals surface area contributed by atoms with E-state index in [1.807, 2.05) is 25.4 Å². The van der Waals surface area contributed by atoms with Crippen LogP contribution < -0.4 is 5.32 Å². The van der Waals surface area contributed by atoms with Crippen molar-refractivity contribution in [1.82, 2.24) is 24.8 Å². The fourth-order valence-corrected chi connectivity index (χ4v) is 1.78. The van der Waals surface area contributed by atoms with E-state index in [0.29, 0.717) is 19.5 Å². The predicted molar refractivity (Wildman–Crippen MR) is 72.7 cm³/mol. The van der Waals surface area contributed by atoms with E-state index in [2.05, 4.69) is 15.4 Å². The van der Waals surface area contributed by atoms with Gasteiger partial charge in [0.15, 0.2) is 5.65 Å². The van der Waals surface area contributed by atoms with Crippen molar-refractivity contribution in [3.05, 3.63) is 29.7 Å². The number of fused-ring (bicyclic) bond motifs is 1. The van der Waals surface area contributed by atoms with E-state index in [-0.39, 0.29) is 5.91 Å². The van der Waals surface area contributed by atoms with Crippen molar-refractivity contribution in [2.24, 2.45) is 0 Å². The number of carbonyl (C=O) groups excluding carboxylic acids is 1. The molecule has 0 atom stereocenters. The van der Waals surface area contributed by atoms with Crippen LogP contribution in [0.4, 0.5) is 0 Å². The third-order valence-corrected chi connectivity index (χ3v) is 2.83. The molecule has 0 unspecified atom stereocenters. The summed E-state index contributed by atoms with van der Waals surface area (Å²) in [6, 6.07) is 1.94. The van der Waals surface area contributed by atoms with Crippen LogP contribution in [0, 0.1) is 6.92 Å². The molecule has 0 aromatic carbocycles. The lowest BCUT2D eigenvalue weighted by atomic mass is 10.3. The maximum atomic E-state index is 11.4. The van der Waals surface area contributed by atoms with E-state index in [1.54, 1.807) is 23.5 Å². The molecular weight excluding hydrogens is 242 g/mol. The Morgan fingerprint density at radius 2 is 2.26 bits per heavy atom. The molecule has 6 heteroatoms. The van der Waals surface area contributed by atoms with Crippen molar-refractivity contribution in [2.75, 3.05) is 20.6 Å². The second-order valence-electron chi connectivity index (χ2n) is 4.77. The number of hydrogen-bond donors (Lipinski definition) is 1. The van der Waals surface area contributed by atoms with Gasteiger partial charge in [0.1, 0.15) is 0 Å². The molecule has 0 aliphatic rings. The van der Waals surface area contributed by atoms with Crippen LogP contribution in [0.1, 0.15) is 17.7 Å². The Hall–Kier alpha value is -1.95. The normalized spacial score (nSPS) is 10.9. The lowest BCUT2D eigenvalue weighted by Crippen LogP contribution is -2.26. The highest BCUT2D eigenvalue weighted by molar-refractivity contribution is 5.75. The Balaban J connectivity index is 1.86. The summed E-state index contributed by atoms with van der Waals surface area (Å²) in [6.45, 7) is 3.29. The molecule has 2 aromatic rings. The largest absolute Gasteiger partial charge is 0.349 e. The molecule has 102 valence electrons. The predicted octanol–water partition coefficient (Wildman–Crippen LogP) is 0.606. The quantitative estimate of drug-likeness (QED) is 0.801. The van der Waals surface area contributed by atoms with Crippen molar-refractivity contribution >= 4 is 11.6 Å². The van der Waals surface area contributed by atoms with E-state index in [0.717, 1.165) is 16.9 Å². The maximum absolute atomic E-state index is 11.4. The average molecular weight is 261 g/mol. The number of nitrogens with zero attached hydrogens (tertiary/aromatic N) is 4. The van der Waals surface area contributed by atoms with Crippen LogP contribution in [0.3, 0.4) is 0 Å². The van der Waals surface area contributed by atoms with Crippen LogP contribution in [0.5, 0.6) is 0 Å². The minimum Gasteiger partial charge on any atom is -0.349 e. The van der Waals surface area contributed by atoms with Crippen LogP contribution in [0.2, 0.25) is 0 Å². The third kappa shape index (κ3) is 3.51. The van der Waals surface area contributed by atoms with Gasteiger partial charge in [0, 0.05) is 57.6 Å². The summed E-state index contributed by atoms with van der Waals surface area (Å²) in [5, 5.41) is 7.55. The van der Waals surface area contributed by atoms with Gasteiger partial charge in [-0.2, -0.15) is 5.10 Å². The number of amides is 1. The molecule has 6 nitrogen and oxygen atoms in total. The van der Waals surface area contributed by atoms with Crippen molar-refractivity contribution in [1.29, 1.82) is 0 Å². The molecule has 19 heavy (non-hydrogen) atoms. The molecule has 2 rings (SSSR count). The summed E-state index contributed by atoms with van der Waals surface area (Å²) < 4.78 is 1.78. The highest BCUT2D eigenvalue weighted by Gasteiger charge is 2.03. The monoisotopic (exact) mass is 261 g/mol. The van der Waals surface area contributed by atoms with Crippen molar-refractivity contribution in [2.45, 2.75) is 19.9 Å². The van der Waals surface area contributed by atoms with Crippen LogP contribution in [-0.2, 0) is 11.3 Å². The summed E-state index contributed by atoms with van der Waals surface area (Å²) in [4.78, 5) is 17.3.